The minimum atomic E-state index is -1.23. The van der Waals surface area contributed by atoms with Crippen molar-refractivity contribution in [3.63, 3.8) is 0 Å². The van der Waals surface area contributed by atoms with Gasteiger partial charge in [0.1, 0.15) is 29.3 Å². The normalized spacial score (nSPS) is 22.1. The molecule has 3 aliphatic rings. The van der Waals surface area contributed by atoms with Crippen LogP contribution in [0.4, 0.5) is 4.79 Å². The molecule has 4 rings (SSSR count). The van der Waals surface area contributed by atoms with E-state index < -0.39 is 64.9 Å². The summed E-state index contributed by atoms with van der Waals surface area (Å²) in [5.41, 5.74) is 0.506. The van der Waals surface area contributed by atoms with Crippen LogP contribution in [0.3, 0.4) is 0 Å². The quantitative estimate of drug-likeness (QED) is 0.172. The van der Waals surface area contributed by atoms with Crippen molar-refractivity contribution in [2.24, 2.45) is 23.2 Å². The lowest BCUT2D eigenvalue weighted by molar-refractivity contribution is -0.154. The Hall–Kier alpha value is -4.22. The van der Waals surface area contributed by atoms with Gasteiger partial charge >= 0.3 is 12.1 Å². The monoisotopic (exact) mass is 680 g/mol. The van der Waals surface area contributed by atoms with Crippen molar-refractivity contribution in [1.29, 1.82) is 0 Å². The number of carbonyl (C=O) groups excluding carboxylic acids is 6. The third-order valence-corrected chi connectivity index (χ3v) is 9.55. The van der Waals surface area contributed by atoms with Crippen molar-refractivity contribution in [3.05, 3.63) is 48.0 Å². The van der Waals surface area contributed by atoms with Gasteiger partial charge in [-0.1, -0.05) is 44.2 Å². The van der Waals surface area contributed by atoms with E-state index >= 15 is 0 Å². The number of ether oxygens (including phenoxy) is 2. The van der Waals surface area contributed by atoms with Gasteiger partial charge in [0.2, 0.25) is 17.6 Å². The number of Topliss-reactive ketones (excluding diaryl/α,β-unsaturated/α-hetero) is 1. The molecule has 0 aromatic heterocycles. The third-order valence-electron chi connectivity index (χ3n) is 9.55. The van der Waals surface area contributed by atoms with Crippen molar-refractivity contribution in [1.82, 2.24) is 20.9 Å². The highest BCUT2D eigenvalue weighted by Gasteiger charge is 2.69. The summed E-state index contributed by atoms with van der Waals surface area (Å²) in [4.78, 5) is 81.2. The Bertz CT molecular complexity index is 1460. The molecule has 4 amide bonds. The zero-order chi connectivity index (χ0) is 36.5. The summed E-state index contributed by atoms with van der Waals surface area (Å²) in [5.74, 6) is -3.72. The molecule has 1 heterocycles. The van der Waals surface area contributed by atoms with Crippen LogP contribution in [0.1, 0.15) is 79.4 Å². The van der Waals surface area contributed by atoms with Crippen LogP contribution in [0.15, 0.2) is 36.9 Å². The van der Waals surface area contributed by atoms with E-state index in [0.29, 0.717) is 19.4 Å². The highest BCUT2D eigenvalue weighted by molar-refractivity contribution is 6.38. The van der Waals surface area contributed by atoms with Gasteiger partial charge in [-0.25, -0.2) is 4.79 Å². The molecule has 1 aromatic rings. The fraction of sp³-hybridized carbons (Fsp3) is 0.622. The van der Waals surface area contributed by atoms with Crippen LogP contribution in [0.2, 0.25) is 0 Å². The molecule has 5 atom stereocenters. The number of nitrogens with one attached hydrogen (secondary N) is 3. The number of carbonyl (C=O) groups is 6. The number of ketones is 1. The van der Waals surface area contributed by atoms with Crippen molar-refractivity contribution < 1.29 is 38.2 Å². The topological polar surface area (TPSA) is 160 Å². The maximum Gasteiger partial charge on any atom is 0.408 e. The van der Waals surface area contributed by atoms with E-state index in [1.165, 1.54) is 11.0 Å². The van der Waals surface area contributed by atoms with E-state index in [9.17, 15) is 28.8 Å². The van der Waals surface area contributed by atoms with Gasteiger partial charge in [0.25, 0.3) is 5.91 Å². The smallest absolute Gasteiger partial charge is 0.408 e. The molecule has 1 aliphatic heterocycles. The Morgan fingerprint density at radius 2 is 1.55 bits per heavy atom. The van der Waals surface area contributed by atoms with Gasteiger partial charge < -0.3 is 30.3 Å². The molecule has 268 valence electrons. The van der Waals surface area contributed by atoms with Gasteiger partial charge in [-0.2, -0.15) is 0 Å². The molecular formula is C37H52N4O8. The average molecular weight is 681 g/mol. The molecule has 1 aromatic carbocycles. The summed E-state index contributed by atoms with van der Waals surface area (Å²) in [6.07, 6.45) is 1.70. The van der Waals surface area contributed by atoms with Gasteiger partial charge in [-0.15, -0.1) is 6.58 Å². The van der Waals surface area contributed by atoms with Gasteiger partial charge in [0.15, 0.2) is 0 Å². The van der Waals surface area contributed by atoms with E-state index in [4.69, 9.17) is 9.47 Å². The molecule has 0 spiro atoms. The number of hydrogen-bond acceptors (Lipinski definition) is 8. The van der Waals surface area contributed by atoms with E-state index in [2.05, 4.69) is 22.5 Å². The van der Waals surface area contributed by atoms with Crippen LogP contribution in [0, 0.1) is 23.2 Å². The molecule has 12 nitrogen and oxygen atoms in total. The largest absolute Gasteiger partial charge is 0.460 e. The second kappa shape index (κ2) is 14.3. The maximum absolute atomic E-state index is 14.5. The second-order valence-corrected chi connectivity index (χ2v) is 16.0. The lowest BCUT2D eigenvalue weighted by atomic mass is 9.93. The van der Waals surface area contributed by atoms with Crippen molar-refractivity contribution in [2.45, 2.75) is 110 Å². The maximum atomic E-state index is 14.5. The number of benzene rings is 1. The van der Waals surface area contributed by atoms with Crippen LogP contribution in [-0.2, 0) is 46.3 Å². The molecule has 1 saturated heterocycles. The number of esters is 1. The summed E-state index contributed by atoms with van der Waals surface area (Å²) in [6, 6.07) is 4.80. The molecule has 0 bridgehead atoms. The molecule has 1 saturated carbocycles. The first-order valence-electron chi connectivity index (χ1n) is 17.1. The molecule has 3 N–H and O–H groups in total. The number of piperidine rings is 1. The van der Waals surface area contributed by atoms with Crippen LogP contribution in [-0.4, -0.2) is 82.9 Å². The lowest BCUT2D eigenvalue weighted by Gasteiger charge is -2.35. The molecule has 2 aliphatic carbocycles. The Morgan fingerprint density at radius 3 is 2.10 bits per heavy atom. The fourth-order valence-electron chi connectivity index (χ4n) is 7.21. The SMILES string of the molecule is C=CCC(NC(=O)[C@@H]1[C@H]2[C@@H](CN1C(=O)[C@@H](NC(=O)OC(C)(C)C)C1Cc3ccccc3C1)C2(C)C)C(=O)C(=O)NCCC(=O)OC(C)(C)C. The van der Waals surface area contributed by atoms with E-state index in [1.54, 1.807) is 41.5 Å². The second-order valence-electron chi connectivity index (χ2n) is 16.0. The first kappa shape index (κ1) is 37.6. The first-order chi connectivity index (χ1) is 22.7. The minimum Gasteiger partial charge on any atom is -0.460 e. The molecule has 12 heteroatoms. The van der Waals surface area contributed by atoms with E-state index in [1.807, 2.05) is 38.1 Å². The highest BCUT2D eigenvalue weighted by Crippen LogP contribution is 2.65. The number of amides is 4. The van der Waals surface area contributed by atoms with Gasteiger partial charge in [-0.05, 0) is 95.1 Å². The molecule has 49 heavy (non-hydrogen) atoms. The third kappa shape index (κ3) is 9.07. The van der Waals surface area contributed by atoms with Crippen molar-refractivity contribution in [2.75, 3.05) is 13.1 Å². The lowest BCUT2D eigenvalue weighted by Crippen LogP contribution is -2.59. The summed E-state index contributed by atoms with van der Waals surface area (Å²) in [5, 5.41) is 7.99. The molecule has 2 fully saturated rings. The van der Waals surface area contributed by atoms with Crippen LogP contribution in [0.25, 0.3) is 0 Å². The molecule has 1 unspecified atom stereocenters. The van der Waals surface area contributed by atoms with Crippen LogP contribution in [0.5, 0.6) is 0 Å². The Labute approximate surface area is 289 Å². The van der Waals surface area contributed by atoms with E-state index in [0.717, 1.165) is 11.1 Å². The fourth-order valence-corrected chi connectivity index (χ4v) is 7.21. The highest BCUT2D eigenvalue weighted by atomic mass is 16.6. The van der Waals surface area contributed by atoms with Crippen LogP contribution >= 0.6 is 0 Å². The number of likely N-dealkylation sites (tertiary alicyclic amines) is 1. The summed E-state index contributed by atoms with van der Waals surface area (Å²) >= 11 is 0. The number of nitrogens with zero attached hydrogens (tertiary/aromatic N) is 1. The van der Waals surface area contributed by atoms with Gasteiger partial charge in [0, 0.05) is 13.1 Å². The number of fused-ring (bicyclic) bond motifs is 2. The van der Waals surface area contributed by atoms with Crippen molar-refractivity contribution in [3.8, 4) is 0 Å². The standard InChI is InChI=1S/C37H52N4O8/c1-10-13-25(30(43)32(45)38-17-16-26(42)48-35(2,3)4)39-31(44)29-27-24(37(27,8)9)20-41(29)33(46)28(40-34(47)49-36(5,6)7)23-18-21-14-11-12-15-22(21)19-23/h10-12,14-15,23-25,27-29H,1,13,16-20H2,2-9H3,(H,38,45)(H,39,44)(H,40,47)/t24-,25?,27-,28+,29+/m1/s1. The zero-order valence-corrected chi connectivity index (χ0v) is 30.0. The Morgan fingerprint density at radius 1 is 0.959 bits per heavy atom. The number of hydrogen-bond donors (Lipinski definition) is 3. The van der Waals surface area contributed by atoms with Crippen LogP contribution < -0.4 is 16.0 Å². The zero-order valence-electron chi connectivity index (χ0n) is 30.0. The van der Waals surface area contributed by atoms with Gasteiger partial charge in [0.05, 0.1) is 6.42 Å². The van der Waals surface area contributed by atoms with Crippen molar-refractivity contribution >= 4 is 35.6 Å². The molecular weight excluding hydrogens is 628 g/mol. The van der Waals surface area contributed by atoms with E-state index in [-0.39, 0.29) is 42.6 Å². The Kier molecular flexibility index (Phi) is 11.0. The van der Waals surface area contributed by atoms with Gasteiger partial charge in [-0.3, -0.25) is 24.0 Å². The first-order valence-corrected chi connectivity index (χ1v) is 17.1. The average Bonchev–Trinajstić information content (AvgIpc) is 3.33. The summed E-state index contributed by atoms with van der Waals surface area (Å²) in [6.45, 7) is 18.4. The predicted molar refractivity (Wildman–Crippen MR) is 182 cm³/mol. The molecule has 0 radical (unpaired) electrons. The minimum absolute atomic E-state index is 0.0224. The number of rotatable bonds is 12. The Balaban J connectivity index is 1.51. The summed E-state index contributed by atoms with van der Waals surface area (Å²) < 4.78 is 10.8. The predicted octanol–water partition coefficient (Wildman–Crippen LogP) is 3.26. The number of alkyl carbamates (subject to hydrolysis) is 1. The summed E-state index contributed by atoms with van der Waals surface area (Å²) in [7, 11) is 0.